The van der Waals surface area contributed by atoms with Gasteiger partial charge in [-0.25, -0.2) is 4.98 Å². The van der Waals surface area contributed by atoms with Crippen LogP contribution in [0.25, 0.3) is 11.0 Å². The average molecular weight is 660 g/mol. The molecule has 3 N–H and O–H groups in total. The Balaban J connectivity index is 1.02. The van der Waals surface area contributed by atoms with E-state index in [2.05, 4.69) is 74.2 Å². The van der Waals surface area contributed by atoms with Gasteiger partial charge in [-0.3, -0.25) is 14.6 Å². The third-order valence-corrected chi connectivity index (χ3v) is 11.1. The molecule has 256 valence electrons. The van der Waals surface area contributed by atoms with E-state index < -0.39 is 0 Å². The van der Waals surface area contributed by atoms with Crippen LogP contribution in [0.2, 0.25) is 0 Å². The summed E-state index contributed by atoms with van der Waals surface area (Å²) in [6.07, 6.45) is 12.7. The number of anilines is 1. The number of hydrogen-bond donors (Lipinski definition) is 3. The molecule has 9 heteroatoms. The molecule has 1 spiro atoms. The van der Waals surface area contributed by atoms with Crippen molar-refractivity contribution in [3.8, 4) is 11.5 Å². The van der Waals surface area contributed by atoms with Gasteiger partial charge in [-0.1, -0.05) is 38.1 Å². The number of aromatic amines is 1. The van der Waals surface area contributed by atoms with Crippen LogP contribution in [0.5, 0.6) is 11.5 Å². The van der Waals surface area contributed by atoms with Crippen molar-refractivity contribution in [2.45, 2.75) is 57.5 Å². The van der Waals surface area contributed by atoms with Crippen LogP contribution in [-0.2, 0) is 0 Å². The van der Waals surface area contributed by atoms with E-state index in [0.717, 1.165) is 67.8 Å². The molecule has 3 aliphatic rings. The van der Waals surface area contributed by atoms with Gasteiger partial charge in [0.15, 0.2) is 6.29 Å². The average Bonchev–Trinajstić information content (AvgIpc) is 3.58. The number of pyridine rings is 1. The Hall–Kier alpha value is -4.47. The van der Waals surface area contributed by atoms with Crippen molar-refractivity contribution in [2.75, 3.05) is 51.2 Å². The summed E-state index contributed by atoms with van der Waals surface area (Å²) in [6, 6.07) is 19.8. The number of nitrogens with one attached hydrogen (secondary N) is 3. The molecule has 0 radical (unpaired) electrons. The normalized spacial score (nSPS) is 20.4. The SMILES string of the molecule is CN/C=C(\C=N)CN1CCN(C2CC3(CCN(c4ccc(C=O)c(Oc5cnc6[nH]ccc6c5)c4)CC3)C2)[C@@H](c2ccccc2C(C)C)C1. The van der Waals surface area contributed by atoms with Gasteiger partial charge in [0.25, 0.3) is 0 Å². The van der Waals surface area contributed by atoms with E-state index in [1.165, 1.54) is 43.0 Å². The second-order valence-corrected chi connectivity index (χ2v) is 14.5. The van der Waals surface area contributed by atoms with Crippen molar-refractivity contribution in [2.24, 2.45) is 5.41 Å². The Morgan fingerprint density at radius 3 is 2.67 bits per heavy atom. The van der Waals surface area contributed by atoms with Gasteiger partial charge >= 0.3 is 0 Å². The topological polar surface area (TPSA) is 101 Å². The first-order chi connectivity index (χ1) is 23.9. The minimum absolute atomic E-state index is 0.347. The largest absolute Gasteiger partial charge is 0.455 e. The van der Waals surface area contributed by atoms with Crippen molar-refractivity contribution < 1.29 is 9.53 Å². The van der Waals surface area contributed by atoms with Gasteiger partial charge in [0.1, 0.15) is 17.1 Å². The standard InChI is InChI=1S/C40H49N7O2/c1-28(2)35-6-4-5-7-36(35)37-26-45(25-29(22-41)23-42-3)16-17-47(37)33-20-40(21-33)11-14-46(15-12-40)32-9-8-31(27-48)38(19-32)49-34-18-30-10-13-43-39(30)44-24-34/h4-10,13,18-19,22-24,27-28,33,37,41-42H,11-12,14-17,20-21,25-26H2,1-3H3,(H,43,44)/b29-23+,41-22?/t37-/m1/s1. The zero-order valence-electron chi connectivity index (χ0n) is 29.0. The molecule has 2 aliphatic heterocycles. The van der Waals surface area contributed by atoms with Gasteiger partial charge in [0.2, 0.25) is 0 Å². The Labute approximate surface area is 289 Å². The summed E-state index contributed by atoms with van der Waals surface area (Å²) in [4.78, 5) is 27.3. The van der Waals surface area contributed by atoms with E-state index >= 15 is 0 Å². The van der Waals surface area contributed by atoms with Crippen molar-refractivity contribution in [3.63, 3.8) is 0 Å². The van der Waals surface area contributed by atoms with Crippen molar-refractivity contribution in [3.05, 3.63) is 95.5 Å². The maximum absolute atomic E-state index is 11.9. The van der Waals surface area contributed by atoms with Crippen LogP contribution < -0.4 is 15.0 Å². The predicted octanol–water partition coefficient (Wildman–Crippen LogP) is 7.15. The molecular formula is C40H49N7O2. The molecular weight excluding hydrogens is 610 g/mol. The third-order valence-electron chi connectivity index (χ3n) is 11.1. The molecule has 4 heterocycles. The molecule has 0 bridgehead atoms. The summed E-state index contributed by atoms with van der Waals surface area (Å²) in [5.41, 5.74) is 6.76. The molecule has 9 nitrogen and oxygen atoms in total. The Kier molecular flexibility index (Phi) is 9.56. The highest BCUT2D eigenvalue weighted by Gasteiger charge is 2.50. The molecule has 1 aliphatic carbocycles. The zero-order chi connectivity index (χ0) is 34.0. The lowest BCUT2D eigenvalue weighted by atomic mass is 9.59. The van der Waals surface area contributed by atoms with Gasteiger partial charge in [-0.05, 0) is 78.0 Å². The molecule has 1 saturated carbocycles. The highest BCUT2D eigenvalue weighted by Crippen LogP contribution is 2.53. The minimum atomic E-state index is 0.347. The molecule has 1 atom stereocenters. The molecule has 49 heavy (non-hydrogen) atoms. The number of aldehydes is 1. The lowest BCUT2D eigenvalue weighted by molar-refractivity contribution is -0.0603. The first-order valence-electron chi connectivity index (χ1n) is 17.8. The molecule has 2 aromatic carbocycles. The first kappa shape index (κ1) is 33.0. The van der Waals surface area contributed by atoms with Crippen LogP contribution >= 0.6 is 0 Å². The smallest absolute Gasteiger partial charge is 0.153 e. The quantitative estimate of drug-likeness (QED) is 0.116. The summed E-state index contributed by atoms with van der Waals surface area (Å²) in [5, 5.41) is 12.0. The molecule has 2 aromatic heterocycles. The summed E-state index contributed by atoms with van der Waals surface area (Å²) in [5.74, 6) is 1.65. The number of ether oxygens (including phenoxy) is 1. The molecule has 2 saturated heterocycles. The number of carbonyl (C=O) groups is 1. The van der Waals surface area contributed by atoms with Crippen LogP contribution in [-0.4, -0.2) is 84.6 Å². The third kappa shape index (κ3) is 6.87. The Morgan fingerprint density at radius 1 is 1.10 bits per heavy atom. The highest BCUT2D eigenvalue weighted by molar-refractivity contribution is 5.82. The Morgan fingerprint density at radius 2 is 1.92 bits per heavy atom. The number of carbonyl (C=O) groups excluding carboxylic acids is 1. The van der Waals surface area contributed by atoms with Crippen molar-refractivity contribution in [1.29, 1.82) is 5.41 Å². The number of hydrogen-bond acceptors (Lipinski definition) is 8. The number of H-pyrrole nitrogens is 1. The Bertz CT molecular complexity index is 1810. The molecule has 7 rings (SSSR count). The lowest BCUT2D eigenvalue weighted by Crippen LogP contribution is -2.60. The van der Waals surface area contributed by atoms with E-state index in [1.807, 2.05) is 43.7 Å². The summed E-state index contributed by atoms with van der Waals surface area (Å²) >= 11 is 0. The van der Waals surface area contributed by atoms with Crippen LogP contribution in [0.15, 0.2) is 78.8 Å². The van der Waals surface area contributed by atoms with E-state index in [-0.39, 0.29) is 0 Å². The van der Waals surface area contributed by atoms with Crippen LogP contribution in [0, 0.1) is 10.8 Å². The molecule has 4 aromatic rings. The molecule has 0 amide bonds. The fourth-order valence-corrected chi connectivity index (χ4v) is 8.46. The van der Waals surface area contributed by atoms with Crippen LogP contribution in [0.3, 0.4) is 0 Å². The van der Waals surface area contributed by atoms with E-state index in [0.29, 0.717) is 40.5 Å². The monoisotopic (exact) mass is 659 g/mol. The number of benzene rings is 2. The summed E-state index contributed by atoms with van der Waals surface area (Å²) in [6.45, 7) is 10.5. The van der Waals surface area contributed by atoms with Gasteiger partial charge in [-0.2, -0.15) is 0 Å². The maximum Gasteiger partial charge on any atom is 0.153 e. The van der Waals surface area contributed by atoms with Gasteiger partial charge in [-0.15, -0.1) is 0 Å². The summed E-state index contributed by atoms with van der Waals surface area (Å²) in [7, 11) is 1.90. The van der Waals surface area contributed by atoms with E-state index in [9.17, 15) is 4.79 Å². The van der Waals surface area contributed by atoms with Crippen LogP contribution in [0.4, 0.5) is 5.69 Å². The number of nitrogens with zero attached hydrogens (tertiary/aromatic N) is 4. The van der Waals surface area contributed by atoms with E-state index in [4.69, 9.17) is 10.1 Å². The number of rotatable bonds is 11. The summed E-state index contributed by atoms with van der Waals surface area (Å²) < 4.78 is 6.22. The van der Waals surface area contributed by atoms with Crippen molar-refractivity contribution in [1.82, 2.24) is 25.1 Å². The van der Waals surface area contributed by atoms with Crippen molar-refractivity contribution >= 4 is 29.2 Å². The molecule has 3 fully saturated rings. The second-order valence-electron chi connectivity index (χ2n) is 14.5. The highest BCUT2D eigenvalue weighted by atomic mass is 16.5. The maximum atomic E-state index is 11.9. The van der Waals surface area contributed by atoms with E-state index in [1.54, 1.807) is 6.20 Å². The minimum Gasteiger partial charge on any atom is -0.455 e. The first-order valence-corrected chi connectivity index (χ1v) is 17.8. The molecule has 0 unspecified atom stereocenters. The fraction of sp³-hybridized carbons (Fsp3) is 0.425. The fourth-order valence-electron chi connectivity index (χ4n) is 8.46. The number of fused-ring (bicyclic) bond motifs is 1. The number of aromatic nitrogens is 2. The van der Waals surface area contributed by atoms with Gasteiger partial charge < -0.3 is 25.3 Å². The van der Waals surface area contributed by atoms with Gasteiger partial charge in [0.05, 0.1) is 11.8 Å². The van der Waals surface area contributed by atoms with Crippen LogP contribution in [0.1, 0.15) is 73.0 Å². The number of piperidine rings is 1. The number of piperazine rings is 1. The van der Waals surface area contributed by atoms with Gasteiger partial charge in [0, 0.05) is 94.2 Å². The zero-order valence-corrected chi connectivity index (χ0v) is 29.0. The second kappa shape index (κ2) is 14.2. The lowest BCUT2D eigenvalue weighted by Gasteiger charge is -2.58. The predicted molar refractivity (Wildman–Crippen MR) is 197 cm³/mol.